The average molecular weight is 515 g/mol. The van der Waals surface area contributed by atoms with Gasteiger partial charge in [0.1, 0.15) is 5.76 Å². The second-order valence-electron chi connectivity index (χ2n) is 7.63. The van der Waals surface area contributed by atoms with Gasteiger partial charge >= 0.3 is 0 Å². The molecule has 8 heteroatoms. The van der Waals surface area contributed by atoms with E-state index in [1.807, 2.05) is 19.9 Å². The molecule has 0 spiro atoms. The van der Waals surface area contributed by atoms with Crippen LogP contribution in [-0.4, -0.2) is 17.5 Å². The number of nitrogens with zero attached hydrogens (tertiary/aromatic N) is 1. The Morgan fingerprint density at radius 1 is 1.06 bits per heavy atom. The molecule has 0 fully saturated rings. The van der Waals surface area contributed by atoms with Gasteiger partial charge in [0.15, 0.2) is 5.76 Å². The summed E-state index contributed by atoms with van der Waals surface area (Å²) in [7, 11) is 0. The monoisotopic (exact) mass is 513 g/mol. The Balaban J connectivity index is 1.57. The molecule has 1 aliphatic rings. The Bertz CT molecular complexity index is 1230. The third-order valence-electron chi connectivity index (χ3n) is 5.38. The Morgan fingerprint density at radius 3 is 2.56 bits per heavy atom. The maximum absolute atomic E-state index is 12.9. The highest BCUT2D eigenvalue weighted by Gasteiger charge is 2.28. The van der Waals surface area contributed by atoms with Gasteiger partial charge in [-0.25, -0.2) is 5.43 Å². The Hall–Kier alpha value is -2.90. The van der Waals surface area contributed by atoms with Crippen LogP contribution in [0.2, 0.25) is 5.02 Å². The minimum absolute atomic E-state index is 0.239. The van der Waals surface area contributed by atoms with Crippen LogP contribution in [0.4, 0.5) is 5.69 Å². The van der Waals surface area contributed by atoms with Crippen LogP contribution in [0.3, 0.4) is 0 Å². The summed E-state index contributed by atoms with van der Waals surface area (Å²) in [4.78, 5) is 25.4. The van der Waals surface area contributed by atoms with Crippen molar-refractivity contribution in [1.82, 2.24) is 5.43 Å². The number of amides is 2. The second-order valence-corrected chi connectivity index (χ2v) is 8.98. The summed E-state index contributed by atoms with van der Waals surface area (Å²) in [5.74, 6) is 0.301. The lowest BCUT2D eigenvalue weighted by Gasteiger charge is -2.13. The van der Waals surface area contributed by atoms with Gasteiger partial charge in [-0.05, 0) is 68.7 Å². The summed E-state index contributed by atoms with van der Waals surface area (Å²) >= 11 is 9.42. The number of carbonyl (C=O) groups is 2. The molecule has 1 aliphatic carbocycles. The first kappa shape index (κ1) is 22.3. The quantitative estimate of drug-likeness (QED) is 0.417. The first-order valence-electron chi connectivity index (χ1n) is 10.2. The van der Waals surface area contributed by atoms with Crippen LogP contribution >= 0.6 is 27.5 Å². The van der Waals surface area contributed by atoms with E-state index >= 15 is 0 Å². The first-order valence-corrected chi connectivity index (χ1v) is 11.3. The van der Waals surface area contributed by atoms with Crippen molar-refractivity contribution in [3.05, 3.63) is 85.7 Å². The van der Waals surface area contributed by atoms with Crippen LogP contribution < -0.4 is 10.7 Å². The van der Waals surface area contributed by atoms with Crippen molar-refractivity contribution in [3.63, 3.8) is 0 Å². The summed E-state index contributed by atoms with van der Waals surface area (Å²) in [5, 5.41) is 7.78. The molecule has 3 aromatic rings. The number of aryl methyl sites for hydroxylation is 2. The maximum Gasteiger partial charge on any atom is 0.291 e. The predicted molar refractivity (Wildman–Crippen MR) is 129 cm³/mol. The average Bonchev–Trinajstić information content (AvgIpc) is 3.12. The number of carbonyl (C=O) groups excluding carboxylic acids is 2. The molecule has 32 heavy (non-hydrogen) atoms. The van der Waals surface area contributed by atoms with E-state index in [1.165, 1.54) is 0 Å². The lowest BCUT2D eigenvalue weighted by molar-refractivity contribution is 0.0953. The standard InChI is InChI=1S/C24H21BrClN3O3/c1-13-6-11-17(26)12-19(13)27-24(31)22-14(2)21-18(4-3-5-20(21)32-22)28-29-23(30)15-7-9-16(25)10-8-15/h6-12H,3-5H2,1-2H3,(H,27,31)(H,29,30)/b28-18+. The molecule has 4 rings (SSSR count). The number of halogens is 2. The van der Waals surface area contributed by atoms with Crippen LogP contribution in [0, 0.1) is 13.8 Å². The zero-order valence-corrected chi connectivity index (χ0v) is 19.9. The molecule has 0 saturated carbocycles. The van der Waals surface area contributed by atoms with Crippen LogP contribution in [0.5, 0.6) is 0 Å². The van der Waals surface area contributed by atoms with Crippen molar-refractivity contribution in [1.29, 1.82) is 0 Å². The lowest BCUT2D eigenvalue weighted by Crippen LogP contribution is -2.22. The molecular weight excluding hydrogens is 494 g/mol. The summed E-state index contributed by atoms with van der Waals surface area (Å²) in [6.45, 7) is 3.73. The summed E-state index contributed by atoms with van der Waals surface area (Å²) in [6.07, 6.45) is 2.21. The molecule has 2 N–H and O–H groups in total. The highest BCUT2D eigenvalue weighted by Crippen LogP contribution is 2.31. The van der Waals surface area contributed by atoms with Crippen molar-refractivity contribution in [2.75, 3.05) is 5.32 Å². The number of hydrazone groups is 1. The molecule has 0 unspecified atom stereocenters. The van der Waals surface area contributed by atoms with E-state index < -0.39 is 0 Å². The van der Waals surface area contributed by atoms with Crippen molar-refractivity contribution >= 4 is 50.7 Å². The molecule has 2 amide bonds. The Kier molecular flexibility index (Phi) is 6.48. The predicted octanol–water partition coefficient (Wildman–Crippen LogP) is 6.04. The number of anilines is 1. The van der Waals surface area contributed by atoms with E-state index in [9.17, 15) is 9.59 Å². The normalized spacial score (nSPS) is 14.2. The van der Waals surface area contributed by atoms with Crippen LogP contribution in [0.1, 0.15) is 56.2 Å². The number of rotatable bonds is 4. The van der Waals surface area contributed by atoms with Crippen molar-refractivity contribution in [2.24, 2.45) is 5.10 Å². The minimum atomic E-state index is -0.347. The molecule has 0 bridgehead atoms. The van der Waals surface area contributed by atoms with E-state index in [2.05, 4.69) is 31.8 Å². The van der Waals surface area contributed by atoms with E-state index in [0.717, 1.165) is 22.0 Å². The van der Waals surface area contributed by atoms with Gasteiger partial charge in [-0.3, -0.25) is 9.59 Å². The second kappa shape index (κ2) is 9.30. The zero-order valence-electron chi connectivity index (χ0n) is 17.6. The number of fused-ring (bicyclic) bond motifs is 1. The van der Waals surface area contributed by atoms with Gasteiger partial charge in [-0.2, -0.15) is 5.10 Å². The number of nitrogens with one attached hydrogen (secondary N) is 2. The number of hydrogen-bond donors (Lipinski definition) is 2. The highest BCUT2D eigenvalue weighted by molar-refractivity contribution is 9.10. The number of benzene rings is 2. The Labute approximate surface area is 199 Å². The van der Waals surface area contributed by atoms with Gasteiger partial charge in [-0.1, -0.05) is 33.6 Å². The third-order valence-corrected chi connectivity index (χ3v) is 6.14. The minimum Gasteiger partial charge on any atom is -0.455 e. The van der Waals surface area contributed by atoms with Gasteiger partial charge in [0.25, 0.3) is 11.8 Å². The summed E-state index contributed by atoms with van der Waals surface area (Å²) < 4.78 is 6.83. The van der Waals surface area contributed by atoms with Gasteiger partial charge in [0, 0.05) is 38.3 Å². The van der Waals surface area contributed by atoms with E-state index in [-0.39, 0.29) is 17.6 Å². The van der Waals surface area contributed by atoms with Crippen molar-refractivity contribution in [3.8, 4) is 0 Å². The Morgan fingerprint density at radius 2 is 1.81 bits per heavy atom. The molecule has 0 aliphatic heterocycles. The molecule has 0 radical (unpaired) electrons. The van der Waals surface area contributed by atoms with E-state index in [4.69, 9.17) is 16.0 Å². The molecule has 1 heterocycles. The smallest absolute Gasteiger partial charge is 0.291 e. The fraction of sp³-hybridized carbons (Fsp3) is 0.208. The third kappa shape index (κ3) is 4.64. The molecule has 0 saturated heterocycles. The van der Waals surface area contributed by atoms with E-state index in [0.29, 0.717) is 46.2 Å². The SMILES string of the molecule is Cc1ccc(Cl)cc1NC(=O)c1oc2c(c1C)/C(=N/NC(=O)c1ccc(Br)cc1)CCC2. The molecule has 0 atom stereocenters. The molecular formula is C24H21BrClN3O3. The number of hydrogen-bond acceptors (Lipinski definition) is 4. The maximum atomic E-state index is 12.9. The molecule has 2 aromatic carbocycles. The summed E-state index contributed by atoms with van der Waals surface area (Å²) in [6, 6.07) is 12.4. The van der Waals surface area contributed by atoms with Gasteiger partial charge < -0.3 is 9.73 Å². The molecule has 1 aromatic heterocycles. The van der Waals surface area contributed by atoms with Gasteiger partial charge in [-0.15, -0.1) is 0 Å². The van der Waals surface area contributed by atoms with Crippen LogP contribution in [0.15, 0.2) is 56.5 Å². The molecule has 164 valence electrons. The van der Waals surface area contributed by atoms with Gasteiger partial charge in [0.2, 0.25) is 0 Å². The largest absolute Gasteiger partial charge is 0.455 e. The van der Waals surface area contributed by atoms with Crippen molar-refractivity contribution in [2.45, 2.75) is 33.1 Å². The fourth-order valence-corrected chi connectivity index (χ4v) is 4.13. The number of furan rings is 1. The topological polar surface area (TPSA) is 83.7 Å². The first-order chi connectivity index (χ1) is 15.3. The van der Waals surface area contributed by atoms with Crippen LogP contribution in [0.25, 0.3) is 0 Å². The van der Waals surface area contributed by atoms with Crippen LogP contribution in [-0.2, 0) is 6.42 Å². The lowest BCUT2D eigenvalue weighted by atomic mass is 9.93. The fourth-order valence-electron chi connectivity index (χ4n) is 3.69. The zero-order chi connectivity index (χ0) is 22.8. The van der Waals surface area contributed by atoms with E-state index in [1.54, 1.807) is 36.4 Å². The summed E-state index contributed by atoms with van der Waals surface area (Å²) in [5.41, 5.74) is 6.86. The van der Waals surface area contributed by atoms with Gasteiger partial charge in [0.05, 0.1) is 5.71 Å². The molecule has 6 nitrogen and oxygen atoms in total. The van der Waals surface area contributed by atoms with Crippen molar-refractivity contribution < 1.29 is 14.0 Å². The highest BCUT2D eigenvalue weighted by atomic mass is 79.9.